The van der Waals surface area contributed by atoms with Crippen LogP contribution in [0.1, 0.15) is 17.2 Å². The molecule has 0 aliphatic heterocycles. The number of aromatic nitrogens is 1. The molecule has 2 aromatic rings. The van der Waals surface area contributed by atoms with Gasteiger partial charge in [-0.05, 0) is 18.2 Å². The quantitative estimate of drug-likeness (QED) is 0.924. The lowest BCUT2D eigenvalue weighted by Gasteiger charge is -2.13. The number of nitrogens with zero attached hydrogens (tertiary/aromatic N) is 1. The van der Waals surface area contributed by atoms with Crippen LogP contribution < -0.4 is 0 Å². The van der Waals surface area contributed by atoms with Gasteiger partial charge in [-0.1, -0.05) is 22.0 Å². The van der Waals surface area contributed by atoms with Crippen molar-refractivity contribution in [1.29, 1.82) is 0 Å². The Labute approximate surface area is 105 Å². The Balaban J connectivity index is 2.47. The first-order valence-corrected chi connectivity index (χ1v) is 5.61. The Bertz CT molecular complexity index is 528. The van der Waals surface area contributed by atoms with Crippen LogP contribution in [0.5, 0.6) is 0 Å². The summed E-state index contributed by atoms with van der Waals surface area (Å²) in [7, 11) is 0. The molecule has 0 aliphatic carbocycles. The number of hydrogen-bond donors (Lipinski definition) is 1. The molecule has 1 aromatic heterocycles. The molecule has 0 saturated heterocycles. The summed E-state index contributed by atoms with van der Waals surface area (Å²) in [4.78, 5) is 3.62. The van der Waals surface area contributed by atoms with Gasteiger partial charge in [-0.3, -0.25) is 4.98 Å². The molecule has 1 aromatic carbocycles. The van der Waals surface area contributed by atoms with Gasteiger partial charge in [-0.15, -0.1) is 0 Å². The van der Waals surface area contributed by atoms with E-state index < -0.39 is 17.7 Å². The molecule has 1 N–H and O–H groups in total. The minimum atomic E-state index is -1.26. The summed E-state index contributed by atoms with van der Waals surface area (Å²) < 4.78 is 27.0. The van der Waals surface area contributed by atoms with Gasteiger partial charge in [-0.25, -0.2) is 8.78 Å². The maximum atomic E-state index is 13.6. The van der Waals surface area contributed by atoms with Crippen molar-refractivity contribution in [2.24, 2.45) is 0 Å². The summed E-state index contributed by atoms with van der Waals surface area (Å²) in [5.74, 6) is -1.13. The third kappa shape index (κ3) is 2.50. The lowest BCUT2D eigenvalue weighted by Crippen LogP contribution is -2.04. The molecule has 0 bridgehead atoms. The smallest absolute Gasteiger partial charge is 0.141 e. The second kappa shape index (κ2) is 4.89. The molecule has 2 rings (SSSR count). The van der Waals surface area contributed by atoms with Crippen LogP contribution in [0.25, 0.3) is 0 Å². The van der Waals surface area contributed by atoms with Gasteiger partial charge in [0.05, 0.1) is 6.20 Å². The minimum absolute atomic E-state index is 0.0694. The monoisotopic (exact) mass is 299 g/mol. The first kappa shape index (κ1) is 12.1. The second-order valence-corrected chi connectivity index (χ2v) is 4.33. The predicted octanol–water partition coefficient (Wildman–Crippen LogP) is 3.20. The van der Waals surface area contributed by atoms with Gasteiger partial charge in [0, 0.05) is 21.8 Å². The first-order chi connectivity index (χ1) is 8.09. The molecular formula is C12H8BrF2NO. The number of benzene rings is 1. The van der Waals surface area contributed by atoms with E-state index in [0.717, 1.165) is 12.3 Å². The van der Waals surface area contributed by atoms with Crippen LogP contribution in [0, 0.1) is 11.6 Å². The van der Waals surface area contributed by atoms with Crippen molar-refractivity contribution in [1.82, 2.24) is 4.98 Å². The number of aliphatic hydroxyl groups excluding tert-OH is 1. The fraction of sp³-hybridized carbons (Fsp3) is 0.0833. The average molecular weight is 300 g/mol. The van der Waals surface area contributed by atoms with Gasteiger partial charge >= 0.3 is 0 Å². The van der Waals surface area contributed by atoms with Crippen LogP contribution in [0.2, 0.25) is 0 Å². The van der Waals surface area contributed by atoms with E-state index >= 15 is 0 Å². The van der Waals surface area contributed by atoms with Gasteiger partial charge in [0.25, 0.3) is 0 Å². The van der Waals surface area contributed by atoms with Crippen LogP contribution >= 0.6 is 15.9 Å². The second-order valence-electron chi connectivity index (χ2n) is 3.47. The van der Waals surface area contributed by atoms with E-state index in [1.807, 2.05) is 0 Å². The predicted molar refractivity (Wildman–Crippen MR) is 62.4 cm³/mol. The van der Waals surface area contributed by atoms with E-state index in [1.165, 1.54) is 18.3 Å². The number of aliphatic hydroxyl groups is 1. The van der Waals surface area contributed by atoms with Crippen LogP contribution in [-0.2, 0) is 0 Å². The Morgan fingerprint density at radius 2 is 2.00 bits per heavy atom. The third-order valence-electron chi connectivity index (χ3n) is 2.31. The molecule has 0 aliphatic rings. The van der Waals surface area contributed by atoms with Crippen LogP contribution in [0.15, 0.2) is 41.1 Å². The average Bonchev–Trinajstić information content (AvgIpc) is 2.28. The zero-order chi connectivity index (χ0) is 12.4. The molecule has 1 atom stereocenters. The lowest BCUT2D eigenvalue weighted by atomic mass is 10.0. The fourth-order valence-electron chi connectivity index (χ4n) is 1.52. The standard InChI is InChI=1S/C12H8BrF2NO/c13-9-2-1-3-10(15)11(9)12(17)7-4-8(14)6-16-5-7/h1-6,12,17H. The highest BCUT2D eigenvalue weighted by Gasteiger charge is 2.18. The Hall–Kier alpha value is -1.33. The molecule has 0 amide bonds. The molecular weight excluding hydrogens is 292 g/mol. The van der Waals surface area contributed by atoms with Crippen molar-refractivity contribution in [2.75, 3.05) is 0 Å². The first-order valence-electron chi connectivity index (χ1n) is 4.82. The van der Waals surface area contributed by atoms with Crippen molar-refractivity contribution >= 4 is 15.9 Å². The minimum Gasteiger partial charge on any atom is -0.383 e. The third-order valence-corrected chi connectivity index (χ3v) is 3.01. The number of hydrogen-bond acceptors (Lipinski definition) is 2. The highest BCUT2D eigenvalue weighted by Crippen LogP contribution is 2.30. The van der Waals surface area contributed by atoms with Gasteiger partial charge < -0.3 is 5.11 Å². The number of pyridine rings is 1. The summed E-state index contributed by atoms with van der Waals surface area (Å²) in [6, 6.07) is 5.47. The largest absolute Gasteiger partial charge is 0.383 e. The van der Waals surface area contributed by atoms with Gasteiger partial charge in [0.1, 0.15) is 17.7 Å². The Morgan fingerprint density at radius 3 is 2.65 bits per heavy atom. The van der Waals surface area contributed by atoms with Crippen LogP contribution in [0.3, 0.4) is 0 Å². The van der Waals surface area contributed by atoms with E-state index in [9.17, 15) is 13.9 Å². The van der Waals surface area contributed by atoms with Gasteiger partial charge in [0.15, 0.2) is 0 Å². The summed E-state index contributed by atoms with van der Waals surface area (Å²) in [6.07, 6.45) is 1.06. The number of rotatable bonds is 2. The lowest BCUT2D eigenvalue weighted by molar-refractivity contribution is 0.213. The summed E-state index contributed by atoms with van der Waals surface area (Å²) in [5.41, 5.74) is 0.274. The molecule has 0 saturated carbocycles. The molecule has 0 fully saturated rings. The van der Waals surface area contributed by atoms with Crippen molar-refractivity contribution in [3.63, 3.8) is 0 Å². The van der Waals surface area contributed by atoms with E-state index in [1.54, 1.807) is 6.07 Å². The van der Waals surface area contributed by atoms with Crippen LogP contribution in [0.4, 0.5) is 8.78 Å². The Kier molecular flexibility index (Phi) is 3.49. The Morgan fingerprint density at radius 1 is 1.24 bits per heavy atom. The summed E-state index contributed by atoms with van der Waals surface area (Å²) in [5, 5.41) is 10.0. The highest BCUT2D eigenvalue weighted by atomic mass is 79.9. The zero-order valence-corrected chi connectivity index (χ0v) is 10.2. The summed E-state index contributed by atoms with van der Waals surface area (Å²) in [6.45, 7) is 0. The van der Waals surface area contributed by atoms with Crippen molar-refractivity contribution in [3.05, 3.63) is 63.9 Å². The zero-order valence-electron chi connectivity index (χ0n) is 8.57. The molecule has 0 radical (unpaired) electrons. The molecule has 5 heteroatoms. The van der Waals surface area contributed by atoms with E-state index in [-0.39, 0.29) is 11.1 Å². The van der Waals surface area contributed by atoms with Crippen LogP contribution in [-0.4, -0.2) is 10.1 Å². The van der Waals surface area contributed by atoms with E-state index in [4.69, 9.17) is 0 Å². The fourth-order valence-corrected chi connectivity index (χ4v) is 2.08. The van der Waals surface area contributed by atoms with E-state index in [0.29, 0.717) is 4.47 Å². The highest BCUT2D eigenvalue weighted by molar-refractivity contribution is 9.10. The maximum absolute atomic E-state index is 13.6. The number of halogens is 3. The van der Waals surface area contributed by atoms with E-state index in [2.05, 4.69) is 20.9 Å². The molecule has 17 heavy (non-hydrogen) atoms. The van der Waals surface area contributed by atoms with Crippen molar-refractivity contribution < 1.29 is 13.9 Å². The molecule has 2 nitrogen and oxygen atoms in total. The molecule has 1 heterocycles. The van der Waals surface area contributed by atoms with Gasteiger partial charge in [0.2, 0.25) is 0 Å². The SMILES string of the molecule is OC(c1cncc(F)c1)c1c(F)cccc1Br. The summed E-state index contributed by atoms with van der Waals surface area (Å²) >= 11 is 3.15. The molecule has 1 unspecified atom stereocenters. The van der Waals surface area contributed by atoms with Crippen molar-refractivity contribution in [3.8, 4) is 0 Å². The molecule has 0 spiro atoms. The molecule has 88 valence electrons. The topological polar surface area (TPSA) is 33.1 Å². The van der Waals surface area contributed by atoms with Crippen molar-refractivity contribution in [2.45, 2.75) is 6.10 Å². The normalized spacial score (nSPS) is 12.5. The van der Waals surface area contributed by atoms with Gasteiger partial charge in [-0.2, -0.15) is 0 Å². The maximum Gasteiger partial charge on any atom is 0.141 e.